The van der Waals surface area contributed by atoms with Crippen LogP contribution in [-0.4, -0.2) is 43.2 Å². The first-order chi connectivity index (χ1) is 18.0. The van der Waals surface area contributed by atoms with Gasteiger partial charge in [0.1, 0.15) is 6.61 Å². The molecule has 1 fully saturated rings. The third-order valence-corrected chi connectivity index (χ3v) is 7.21. The fourth-order valence-corrected chi connectivity index (χ4v) is 5.36. The lowest BCUT2D eigenvalue weighted by Crippen LogP contribution is -2.43. The maximum atomic E-state index is 13.0. The molecule has 5 nitrogen and oxygen atoms in total. The Morgan fingerprint density at radius 2 is 1.68 bits per heavy atom. The molecule has 5 heteroatoms. The zero-order chi connectivity index (χ0) is 26.0. The summed E-state index contributed by atoms with van der Waals surface area (Å²) in [7, 11) is 1.64. The van der Waals surface area contributed by atoms with Crippen molar-refractivity contribution in [3.63, 3.8) is 0 Å². The fourth-order valence-electron chi connectivity index (χ4n) is 5.36. The number of hydrogen-bond acceptors (Lipinski definition) is 4. The molecule has 0 saturated heterocycles. The van der Waals surface area contributed by atoms with Crippen LogP contribution in [0.5, 0.6) is 11.5 Å². The molecule has 1 aliphatic rings. The van der Waals surface area contributed by atoms with Gasteiger partial charge in [0.15, 0.2) is 11.5 Å². The number of carbonyl (C=O) groups excluding carboxylic acids is 1. The van der Waals surface area contributed by atoms with Gasteiger partial charge in [-0.2, -0.15) is 0 Å². The van der Waals surface area contributed by atoms with E-state index in [1.54, 1.807) is 7.11 Å². The summed E-state index contributed by atoms with van der Waals surface area (Å²) >= 11 is 0. The summed E-state index contributed by atoms with van der Waals surface area (Å²) in [6, 6.07) is 24.9. The Kier molecular flexibility index (Phi) is 9.61. The van der Waals surface area contributed by atoms with Crippen LogP contribution in [0, 0.1) is 0 Å². The number of amides is 1. The van der Waals surface area contributed by atoms with Crippen LogP contribution in [0.15, 0.2) is 72.8 Å². The summed E-state index contributed by atoms with van der Waals surface area (Å²) in [5.41, 5.74) is 3.87. The molecule has 1 amide bonds. The largest absolute Gasteiger partial charge is 0.493 e. The lowest BCUT2D eigenvalue weighted by Gasteiger charge is -2.37. The normalized spacial score (nSPS) is 14.1. The highest BCUT2D eigenvalue weighted by Crippen LogP contribution is 2.31. The van der Waals surface area contributed by atoms with Crippen molar-refractivity contribution in [2.75, 3.05) is 25.6 Å². The second-order valence-electron chi connectivity index (χ2n) is 10.1. The van der Waals surface area contributed by atoms with Crippen LogP contribution in [-0.2, 0) is 11.2 Å². The molecule has 1 N–H and O–H groups in total. The average Bonchev–Trinajstić information content (AvgIpc) is 2.92. The first-order valence-electron chi connectivity index (χ1n) is 13.5. The van der Waals surface area contributed by atoms with E-state index in [-0.39, 0.29) is 12.3 Å². The molecule has 3 aromatic carbocycles. The highest BCUT2D eigenvalue weighted by molar-refractivity contribution is 5.93. The number of benzene rings is 3. The summed E-state index contributed by atoms with van der Waals surface area (Å²) in [6.07, 6.45) is 6.83. The molecular weight excluding hydrogens is 460 g/mol. The zero-order valence-electron chi connectivity index (χ0n) is 22.4. The van der Waals surface area contributed by atoms with Gasteiger partial charge in [0.2, 0.25) is 5.91 Å². The molecule has 0 atom stereocenters. The quantitative estimate of drug-likeness (QED) is 0.309. The maximum Gasteiger partial charge on any atom is 0.228 e. The lowest BCUT2D eigenvalue weighted by atomic mass is 9.93. The number of nitrogens with zero attached hydrogens (tertiary/aromatic N) is 1. The van der Waals surface area contributed by atoms with E-state index in [1.807, 2.05) is 54.6 Å². The second kappa shape index (κ2) is 13.3. The van der Waals surface area contributed by atoms with E-state index in [2.05, 4.69) is 42.3 Å². The second-order valence-corrected chi connectivity index (χ2v) is 10.1. The van der Waals surface area contributed by atoms with E-state index < -0.39 is 0 Å². The Bertz CT molecular complexity index is 1140. The van der Waals surface area contributed by atoms with E-state index in [1.165, 1.54) is 32.1 Å². The van der Waals surface area contributed by atoms with Crippen LogP contribution in [0.3, 0.4) is 0 Å². The number of methoxy groups -OCH3 is 1. The predicted octanol–water partition coefficient (Wildman–Crippen LogP) is 6.97. The molecule has 0 bridgehead atoms. The van der Waals surface area contributed by atoms with Gasteiger partial charge in [-0.05, 0) is 55.5 Å². The minimum atomic E-state index is -0.0669. The molecule has 1 saturated carbocycles. The molecule has 4 rings (SSSR count). The van der Waals surface area contributed by atoms with Gasteiger partial charge in [-0.25, -0.2) is 0 Å². The number of rotatable bonds is 11. The Balaban J connectivity index is 1.39. The molecule has 0 aliphatic heterocycles. The van der Waals surface area contributed by atoms with E-state index in [0.29, 0.717) is 35.9 Å². The molecular formula is C32H40N2O3. The van der Waals surface area contributed by atoms with Gasteiger partial charge < -0.3 is 14.8 Å². The highest BCUT2D eigenvalue weighted by atomic mass is 16.5. The van der Waals surface area contributed by atoms with Crippen molar-refractivity contribution < 1.29 is 14.3 Å². The summed E-state index contributed by atoms with van der Waals surface area (Å²) in [5.74, 6) is 1.25. The molecule has 0 spiro atoms. The Hall–Kier alpha value is -3.31. The number of nitrogens with one attached hydrogen (secondary N) is 1. The van der Waals surface area contributed by atoms with Crippen molar-refractivity contribution in [1.29, 1.82) is 0 Å². The molecule has 3 aromatic rings. The van der Waals surface area contributed by atoms with Crippen LogP contribution in [0.1, 0.15) is 51.5 Å². The maximum absolute atomic E-state index is 13.0. The van der Waals surface area contributed by atoms with Gasteiger partial charge in [-0.1, -0.05) is 73.9 Å². The van der Waals surface area contributed by atoms with E-state index >= 15 is 0 Å². The number of carbonyl (C=O) groups is 1. The van der Waals surface area contributed by atoms with Crippen molar-refractivity contribution in [2.45, 2.75) is 64.5 Å². The molecule has 196 valence electrons. The van der Waals surface area contributed by atoms with Crippen molar-refractivity contribution in [3.8, 4) is 22.6 Å². The number of ether oxygens (including phenoxy) is 2. The first-order valence-corrected chi connectivity index (χ1v) is 13.5. The molecule has 0 unspecified atom stereocenters. The third-order valence-electron chi connectivity index (χ3n) is 7.21. The monoisotopic (exact) mass is 500 g/mol. The average molecular weight is 501 g/mol. The minimum Gasteiger partial charge on any atom is -0.493 e. The summed E-state index contributed by atoms with van der Waals surface area (Å²) in [6.45, 7) is 5.98. The van der Waals surface area contributed by atoms with E-state index in [0.717, 1.165) is 23.2 Å². The smallest absolute Gasteiger partial charge is 0.228 e. The van der Waals surface area contributed by atoms with Gasteiger partial charge in [0.05, 0.1) is 13.5 Å². The van der Waals surface area contributed by atoms with Crippen LogP contribution < -0.4 is 14.8 Å². The SMILES string of the molecule is COc1ccc(NC(=O)Cc2ccccc2-c2ccccc2)cc1OCCN(C(C)C)C1CCCCC1. The summed E-state index contributed by atoms with van der Waals surface area (Å²) < 4.78 is 11.7. The lowest BCUT2D eigenvalue weighted by molar-refractivity contribution is -0.115. The topological polar surface area (TPSA) is 50.8 Å². The molecule has 37 heavy (non-hydrogen) atoms. The third kappa shape index (κ3) is 7.36. The first kappa shape index (κ1) is 26.7. The zero-order valence-corrected chi connectivity index (χ0v) is 22.4. The predicted molar refractivity (Wildman–Crippen MR) is 151 cm³/mol. The Labute approximate surface area is 221 Å². The fraction of sp³-hybridized carbons (Fsp3) is 0.406. The molecule has 0 heterocycles. The van der Waals surface area contributed by atoms with Crippen LogP contribution in [0.25, 0.3) is 11.1 Å². The van der Waals surface area contributed by atoms with Gasteiger partial charge in [0.25, 0.3) is 0 Å². The van der Waals surface area contributed by atoms with E-state index in [4.69, 9.17) is 9.47 Å². The van der Waals surface area contributed by atoms with Crippen LogP contribution >= 0.6 is 0 Å². The van der Waals surface area contributed by atoms with Gasteiger partial charge in [-0.3, -0.25) is 9.69 Å². The summed E-state index contributed by atoms with van der Waals surface area (Å²) in [5, 5.41) is 3.05. The van der Waals surface area contributed by atoms with Crippen LogP contribution in [0.4, 0.5) is 5.69 Å². The van der Waals surface area contributed by atoms with Crippen LogP contribution in [0.2, 0.25) is 0 Å². The van der Waals surface area contributed by atoms with Crippen molar-refractivity contribution in [2.24, 2.45) is 0 Å². The number of anilines is 1. The Morgan fingerprint density at radius 1 is 0.946 bits per heavy atom. The minimum absolute atomic E-state index is 0.0669. The highest BCUT2D eigenvalue weighted by Gasteiger charge is 2.23. The van der Waals surface area contributed by atoms with Gasteiger partial charge in [0, 0.05) is 30.4 Å². The molecule has 0 radical (unpaired) electrons. The molecule has 1 aliphatic carbocycles. The van der Waals surface area contributed by atoms with Gasteiger partial charge >= 0.3 is 0 Å². The van der Waals surface area contributed by atoms with Crippen molar-refractivity contribution in [3.05, 3.63) is 78.4 Å². The standard InChI is InChI=1S/C32H40N2O3/c1-24(2)34(28-15-8-5-9-16-28)20-21-37-31-23-27(18-19-30(31)36-3)33-32(35)22-26-14-10-11-17-29(26)25-12-6-4-7-13-25/h4,6-7,10-14,17-19,23-24,28H,5,8-9,15-16,20-22H2,1-3H3,(H,33,35). The number of hydrogen-bond donors (Lipinski definition) is 1. The summed E-state index contributed by atoms with van der Waals surface area (Å²) in [4.78, 5) is 15.6. The van der Waals surface area contributed by atoms with Gasteiger partial charge in [-0.15, -0.1) is 0 Å². The Morgan fingerprint density at radius 3 is 2.41 bits per heavy atom. The van der Waals surface area contributed by atoms with E-state index in [9.17, 15) is 4.79 Å². The van der Waals surface area contributed by atoms with Crippen molar-refractivity contribution >= 4 is 11.6 Å². The molecule has 0 aromatic heterocycles. The van der Waals surface area contributed by atoms with Crippen molar-refractivity contribution in [1.82, 2.24) is 4.90 Å².